The van der Waals surface area contributed by atoms with Gasteiger partial charge in [-0.1, -0.05) is 140 Å². The van der Waals surface area contributed by atoms with Gasteiger partial charge in [0, 0.05) is 38.6 Å². The third kappa shape index (κ3) is 4.73. The summed E-state index contributed by atoms with van der Waals surface area (Å²) < 4.78 is 6.59. The van der Waals surface area contributed by atoms with E-state index in [-0.39, 0.29) is 0 Å². The van der Waals surface area contributed by atoms with Gasteiger partial charge in [0.1, 0.15) is 11.2 Å². The first-order chi connectivity index (χ1) is 23.3. The maximum atomic E-state index is 6.59. The van der Waals surface area contributed by atoms with E-state index < -0.39 is 0 Å². The molecular formula is C42H26N4O. The molecule has 0 aliphatic rings. The van der Waals surface area contributed by atoms with Crippen LogP contribution in [0.5, 0.6) is 0 Å². The van der Waals surface area contributed by atoms with Crippen LogP contribution >= 0.6 is 0 Å². The lowest BCUT2D eigenvalue weighted by Gasteiger charge is -2.12. The summed E-state index contributed by atoms with van der Waals surface area (Å²) in [6.45, 7) is 0. The highest BCUT2D eigenvalue weighted by atomic mass is 16.3. The zero-order valence-corrected chi connectivity index (χ0v) is 25.2. The van der Waals surface area contributed by atoms with Crippen molar-refractivity contribution in [1.29, 1.82) is 0 Å². The fourth-order valence-electron chi connectivity index (χ4n) is 6.29. The van der Waals surface area contributed by atoms with Gasteiger partial charge in [-0.2, -0.15) is 0 Å². The number of aromatic nitrogens is 4. The molecule has 0 bridgehead atoms. The normalized spacial score (nSPS) is 11.4. The van der Waals surface area contributed by atoms with Gasteiger partial charge in [0.15, 0.2) is 17.5 Å². The van der Waals surface area contributed by atoms with Crippen LogP contribution in [0.3, 0.4) is 0 Å². The van der Waals surface area contributed by atoms with E-state index in [0.29, 0.717) is 17.5 Å². The summed E-state index contributed by atoms with van der Waals surface area (Å²) in [5.74, 6) is 1.84. The Balaban J connectivity index is 1.29. The van der Waals surface area contributed by atoms with E-state index in [1.165, 1.54) is 0 Å². The number of nitrogens with zero attached hydrogens (tertiary/aromatic N) is 4. The zero-order valence-electron chi connectivity index (χ0n) is 25.2. The van der Waals surface area contributed by atoms with E-state index in [2.05, 4.69) is 60.7 Å². The molecule has 47 heavy (non-hydrogen) atoms. The molecular weight excluding hydrogens is 576 g/mol. The number of rotatable bonds is 5. The fraction of sp³-hybridized carbons (Fsp3) is 0. The van der Waals surface area contributed by atoms with E-state index in [1.807, 2.05) is 97.1 Å². The SMILES string of the molecule is c1ccc(-c2nc(-c3ccccc3)nc(-c3cccc(-c4nc5c(-c6ccccc6)cccc5c5oc6ccccc6c45)c3)n2)cc1. The van der Waals surface area contributed by atoms with Crippen molar-refractivity contribution in [3.05, 3.63) is 158 Å². The molecule has 0 radical (unpaired) electrons. The van der Waals surface area contributed by atoms with Crippen LogP contribution in [0.25, 0.3) is 89.4 Å². The summed E-state index contributed by atoms with van der Waals surface area (Å²) >= 11 is 0. The smallest absolute Gasteiger partial charge is 0.164 e. The molecule has 9 aromatic rings. The largest absolute Gasteiger partial charge is 0.455 e. The predicted octanol–water partition coefficient (Wildman–Crippen LogP) is 10.7. The highest BCUT2D eigenvalue weighted by molar-refractivity contribution is 6.20. The molecule has 0 aliphatic carbocycles. The lowest BCUT2D eigenvalue weighted by Crippen LogP contribution is -2.00. The summed E-state index contributed by atoms with van der Waals surface area (Å²) in [6.07, 6.45) is 0. The topological polar surface area (TPSA) is 64.7 Å². The molecule has 0 atom stereocenters. The van der Waals surface area contributed by atoms with Crippen molar-refractivity contribution in [2.45, 2.75) is 0 Å². The average Bonchev–Trinajstić information content (AvgIpc) is 3.55. The van der Waals surface area contributed by atoms with Crippen LogP contribution < -0.4 is 0 Å². The number of pyridine rings is 1. The molecule has 0 amide bonds. The van der Waals surface area contributed by atoms with Crippen LogP contribution in [0.4, 0.5) is 0 Å². The zero-order chi connectivity index (χ0) is 31.2. The maximum Gasteiger partial charge on any atom is 0.164 e. The third-order valence-corrected chi connectivity index (χ3v) is 8.51. The molecule has 0 saturated carbocycles. The molecule has 5 nitrogen and oxygen atoms in total. The van der Waals surface area contributed by atoms with E-state index in [1.54, 1.807) is 0 Å². The summed E-state index contributed by atoms with van der Waals surface area (Å²) in [6, 6.07) is 53.2. The first-order valence-electron chi connectivity index (χ1n) is 15.6. The Morgan fingerprint density at radius 1 is 0.383 bits per heavy atom. The van der Waals surface area contributed by atoms with Crippen LogP contribution in [-0.4, -0.2) is 19.9 Å². The number of benzene rings is 6. The van der Waals surface area contributed by atoms with Crippen LogP contribution in [-0.2, 0) is 0 Å². The standard InChI is InChI=1S/C42H26N4O/c1-4-14-27(15-5-1)32-23-13-24-34-38(32)43-37(36-33-22-10-11-25-35(33)47-39(34)36)30-20-12-21-31(26-30)42-45-40(28-16-6-2-7-17-28)44-41(46-42)29-18-8-3-9-19-29/h1-26H. The average molecular weight is 603 g/mol. The van der Waals surface area contributed by atoms with Crippen molar-refractivity contribution in [1.82, 2.24) is 19.9 Å². The van der Waals surface area contributed by atoms with Gasteiger partial charge in [-0.05, 0) is 23.8 Å². The van der Waals surface area contributed by atoms with Gasteiger partial charge < -0.3 is 4.42 Å². The number of para-hydroxylation sites is 2. The highest BCUT2D eigenvalue weighted by Gasteiger charge is 2.20. The van der Waals surface area contributed by atoms with Crippen LogP contribution in [0, 0.1) is 0 Å². The molecule has 5 heteroatoms. The summed E-state index contributed by atoms with van der Waals surface area (Å²) in [4.78, 5) is 20.3. The van der Waals surface area contributed by atoms with Gasteiger partial charge in [0.25, 0.3) is 0 Å². The number of fused-ring (bicyclic) bond motifs is 5. The predicted molar refractivity (Wildman–Crippen MR) is 190 cm³/mol. The van der Waals surface area contributed by atoms with Crippen molar-refractivity contribution >= 4 is 32.8 Å². The third-order valence-electron chi connectivity index (χ3n) is 8.51. The summed E-state index contributed by atoms with van der Waals surface area (Å²) in [7, 11) is 0. The number of furan rings is 1. The van der Waals surface area contributed by atoms with Crippen LogP contribution in [0.1, 0.15) is 0 Å². The summed E-state index contributed by atoms with van der Waals surface area (Å²) in [5.41, 5.74) is 9.25. The lowest BCUT2D eigenvalue weighted by molar-refractivity contribution is 0.672. The minimum Gasteiger partial charge on any atom is -0.455 e. The minimum atomic E-state index is 0.596. The second-order valence-electron chi connectivity index (χ2n) is 11.4. The molecule has 9 rings (SSSR count). The van der Waals surface area contributed by atoms with Crippen molar-refractivity contribution < 1.29 is 4.42 Å². The molecule has 3 heterocycles. The van der Waals surface area contributed by atoms with Gasteiger partial charge in [-0.25, -0.2) is 19.9 Å². The monoisotopic (exact) mass is 602 g/mol. The lowest BCUT2D eigenvalue weighted by atomic mass is 9.97. The number of hydrogen-bond acceptors (Lipinski definition) is 5. The van der Waals surface area contributed by atoms with Crippen LogP contribution in [0.15, 0.2) is 162 Å². The molecule has 220 valence electrons. The number of hydrogen-bond donors (Lipinski definition) is 0. The Morgan fingerprint density at radius 3 is 1.57 bits per heavy atom. The fourth-order valence-corrected chi connectivity index (χ4v) is 6.29. The van der Waals surface area contributed by atoms with Gasteiger partial charge in [-0.15, -0.1) is 0 Å². The second-order valence-corrected chi connectivity index (χ2v) is 11.4. The minimum absolute atomic E-state index is 0.596. The Morgan fingerprint density at radius 2 is 0.894 bits per heavy atom. The van der Waals surface area contributed by atoms with Gasteiger partial charge in [-0.3, -0.25) is 0 Å². The maximum absolute atomic E-state index is 6.59. The molecule has 0 unspecified atom stereocenters. The first-order valence-corrected chi connectivity index (χ1v) is 15.6. The highest BCUT2D eigenvalue weighted by Crippen LogP contribution is 2.42. The van der Waals surface area contributed by atoms with E-state index in [9.17, 15) is 0 Å². The second kappa shape index (κ2) is 11.2. The van der Waals surface area contributed by atoms with Crippen molar-refractivity contribution in [3.63, 3.8) is 0 Å². The van der Waals surface area contributed by atoms with Crippen molar-refractivity contribution in [3.8, 4) is 56.5 Å². The molecule has 0 fully saturated rings. The summed E-state index contributed by atoms with van der Waals surface area (Å²) in [5, 5.41) is 3.00. The Kier molecular flexibility index (Phi) is 6.39. The first kappa shape index (κ1) is 26.9. The van der Waals surface area contributed by atoms with Crippen LogP contribution in [0.2, 0.25) is 0 Å². The Hall–Kier alpha value is -6.46. The van der Waals surface area contributed by atoms with Gasteiger partial charge in [0.2, 0.25) is 0 Å². The van der Waals surface area contributed by atoms with E-state index in [0.717, 1.165) is 71.9 Å². The quantitative estimate of drug-likeness (QED) is 0.196. The molecule has 0 saturated heterocycles. The Labute approximate surface area is 270 Å². The molecule has 0 spiro atoms. The van der Waals surface area contributed by atoms with Gasteiger partial charge >= 0.3 is 0 Å². The van der Waals surface area contributed by atoms with Crippen molar-refractivity contribution in [2.75, 3.05) is 0 Å². The van der Waals surface area contributed by atoms with Gasteiger partial charge in [0.05, 0.1) is 16.6 Å². The van der Waals surface area contributed by atoms with E-state index in [4.69, 9.17) is 24.4 Å². The Bertz CT molecular complexity index is 2500. The van der Waals surface area contributed by atoms with E-state index >= 15 is 0 Å². The molecule has 0 aliphatic heterocycles. The van der Waals surface area contributed by atoms with Crippen molar-refractivity contribution in [2.24, 2.45) is 0 Å². The molecule has 3 aromatic heterocycles. The molecule has 6 aromatic carbocycles. The molecule has 0 N–H and O–H groups in total.